The van der Waals surface area contributed by atoms with Gasteiger partial charge in [-0.1, -0.05) is 30.3 Å². The van der Waals surface area contributed by atoms with Crippen molar-refractivity contribution in [2.75, 3.05) is 19.3 Å². The molecule has 0 aliphatic rings. The lowest BCUT2D eigenvalue weighted by Crippen LogP contribution is -2.38. The summed E-state index contributed by atoms with van der Waals surface area (Å²) in [5.41, 5.74) is 2.01. The van der Waals surface area contributed by atoms with Crippen LogP contribution in [0.2, 0.25) is 0 Å². The quantitative estimate of drug-likeness (QED) is 0.779. The molecule has 2 rings (SSSR count). The largest absolute Gasteiger partial charge is 0.354 e. The van der Waals surface area contributed by atoms with E-state index in [2.05, 4.69) is 5.32 Å². The predicted molar refractivity (Wildman–Crippen MR) is 97.5 cm³/mol. The lowest BCUT2D eigenvalue weighted by molar-refractivity contribution is -0.120. The summed E-state index contributed by atoms with van der Waals surface area (Å²) in [7, 11) is -3.34. The van der Waals surface area contributed by atoms with Crippen molar-refractivity contribution in [3.05, 3.63) is 57.8 Å². The summed E-state index contributed by atoms with van der Waals surface area (Å²) in [6.45, 7) is 2.82. The number of aryl methyl sites for hydroxylation is 1. The number of sulfonamides is 1. The first-order valence-corrected chi connectivity index (χ1v) is 10.4. The minimum Gasteiger partial charge on any atom is -0.354 e. The fourth-order valence-corrected chi connectivity index (χ4v) is 3.79. The van der Waals surface area contributed by atoms with Gasteiger partial charge in [0.05, 0.1) is 12.7 Å². The highest BCUT2D eigenvalue weighted by atomic mass is 32.2. The molecule has 24 heavy (non-hydrogen) atoms. The van der Waals surface area contributed by atoms with E-state index < -0.39 is 10.0 Å². The fraction of sp³-hybridized carbons (Fsp3) is 0.353. The molecule has 0 atom stereocenters. The number of rotatable bonds is 8. The van der Waals surface area contributed by atoms with Gasteiger partial charge in [0.25, 0.3) is 0 Å². The van der Waals surface area contributed by atoms with E-state index in [0.29, 0.717) is 19.5 Å². The maximum Gasteiger partial charge on any atom is 0.225 e. The topological polar surface area (TPSA) is 66.5 Å². The zero-order chi connectivity index (χ0) is 17.6. The highest BCUT2D eigenvalue weighted by Crippen LogP contribution is 2.12. The van der Waals surface area contributed by atoms with E-state index in [1.807, 2.05) is 48.7 Å². The Labute approximate surface area is 147 Å². The van der Waals surface area contributed by atoms with Gasteiger partial charge < -0.3 is 5.32 Å². The second kappa shape index (κ2) is 8.41. The summed E-state index contributed by atoms with van der Waals surface area (Å²) >= 11 is 1.53. The first kappa shape index (κ1) is 18.6. The first-order chi connectivity index (χ1) is 11.4. The summed E-state index contributed by atoms with van der Waals surface area (Å²) in [5.74, 6) is -0.0956. The third-order valence-corrected chi connectivity index (χ3v) is 5.80. The van der Waals surface area contributed by atoms with Gasteiger partial charge in [0, 0.05) is 24.5 Å². The van der Waals surface area contributed by atoms with E-state index in [1.54, 1.807) is 0 Å². The first-order valence-electron chi connectivity index (χ1n) is 7.65. The van der Waals surface area contributed by atoms with Gasteiger partial charge in [0.2, 0.25) is 15.9 Å². The Morgan fingerprint density at radius 1 is 1.21 bits per heavy atom. The molecule has 7 heteroatoms. The molecule has 5 nitrogen and oxygen atoms in total. The number of nitrogens with one attached hydrogen (secondary N) is 1. The molecule has 0 saturated carbocycles. The Balaban J connectivity index is 1.90. The molecule has 0 spiro atoms. The number of amides is 1. The highest BCUT2D eigenvalue weighted by molar-refractivity contribution is 7.88. The van der Waals surface area contributed by atoms with E-state index in [-0.39, 0.29) is 12.5 Å². The van der Waals surface area contributed by atoms with Gasteiger partial charge in [-0.3, -0.25) is 4.79 Å². The minimum absolute atomic E-state index is 0.0956. The van der Waals surface area contributed by atoms with E-state index in [9.17, 15) is 13.2 Å². The van der Waals surface area contributed by atoms with E-state index >= 15 is 0 Å². The molecule has 2 aromatic rings. The number of thiophene rings is 1. The van der Waals surface area contributed by atoms with Crippen LogP contribution in [0, 0.1) is 6.92 Å². The maximum atomic E-state index is 12.0. The van der Waals surface area contributed by atoms with E-state index in [0.717, 1.165) is 16.0 Å². The van der Waals surface area contributed by atoms with Gasteiger partial charge in [-0.25, -0.2) is 8.42 Å². The van der Waals surface area contributed by atoms with Gasteiger partial charge in [0.1, 0.15) is 0 Å². The van der Waals surface area contributed by atoms with E-state index in [4.69, 9.17) is 0 Å². The van der Waals surface area contributed by atoms with Crippen molar-refractivity contribution in [3.63, 3.8) is 0 Å². The molecule has 0 aliphatic heterocycles. The molecule has 1 heterocycles. The maximum absolute atomic E-state index is 12.0. The van der Waals surface area contributed by atoms with Crippen LogP contribution in [0.3, 0.4) is 0 Å². The molecule has 0 radical (unpaired) electrons. The number of carbonyl (C=O) groups excluding carboxylic acids is 1. The number of nitrogens with zero attached hydrogens (tertiary/aromatic N) is 1. The monoisotopic (exact) mass is 366 g/mol. The van der Waals surface area contributed by atoms with Crippen LogP contribution in [0.1, 0.15) is 16.0 Å². The van der Waals surface area contributed by atoms with Crippen molar-refractivity contribution in [3.8, 4) is 0 Å². The summed E-state index contributed by atoms with van der Waals surface area (Å²) < 4.78 is 25.4. The molecule has 0 aliphatic carbocycles. The Bertz CT molecular complexity index is 771. The van der Waals surface area contributed by atoms with Gasteiger partial charge in [-0.05, 0) is 29.5 Å². The zero-order valence-corrected chi connectivity index (χ0v) is 15.5. The fourth-order valence-electron chi connectivity index (χ4n) is 2.29. The minimum atomic E-state index is -3.34. The van der Waals surface area contributed by atoms with Crippen molar-refractivity contribution < 1.29 is 13.2 Å². The van der Waals surface area contributed by atoms with Crippen LogP contribution in [0.15, 0.2) is 41.8 Å². The molecule has 1 aromatic carbocycles. The highest BCUT2D eigenvalue weighted by Gasteiger charge is 2.17. The molecular weight excluding hydrogens is 344 g/mol. The van der Waals surface area contributed by atoms with Crippen molar-refractivity contribution in [2.24, 2.45) is 0 Å². The Hall–Kier alpha value is -1.70. The van der Waals surface area contributed by atoms with Gasteiger partial charge in [-0.15, -0.1) is 11.3 Å². The Morgan fingerprint density at radius 3 is 2.58 bits per heavy atom. The second-order valence-corrected chi connectivity index (χ2v) is 8.64. The van der Waals surface area contributed by atoms with Crippen molar-refractivity contribution in [1.82, 2.24) is 9.62 Å². The van der Waals surface area contributed by atoms with Crippen molar-refractivity contribution >= 4 is 27.3 Å². The second-order valence-electron chi connectivity index (χ2n) is 5.63. The SMILES string of the molecule is Cc1ccccc1CN(CCNC(=O)Cc1cccs1)S(C)(=O)=O. The van der Waals surface area contributed by atoms with Gasteiger partial charge in [-0.2, -0.15) is 4.31 Å². The molecule has 1 N–H and O–H groups in total. The number of hydrogen-bond acceptors (Lipinski definition) is 4. The van der Waals surface area contributed by atoms with Crippen molar-refractivity contribution in [2.45, 2.75) is 19.9 Å². The summed E-state index contributed by atoms with van der Waals surface area (Å²) in [6.07, 6.45) is 1.52. The third kappa shape index (κ3) is 5.74. The Kier molecular flexibility index (Phi) is 6.53. The molecule has 1 aromatic heterocycles. The molecule has 0 unspecified atom stereocenters. The molecule has 0 bridgehead atoms. The van der Waals surface area contributed by atoms with Crippen LogP contribution in [0.25, 0.3) is 0 Å². The summed E-state index contributed by atoms with van der Waals surface area (Å²) in [6, 6.07) is 11.5. The Morgan fingerprint density at radius 2 is 1.96 bits per heavy atom. The summed E-state index contributed by atoms with van der Waals surface area (Å²) in [5, 5.41) is 4.71. The lowest BCUT2D eigenvalue weighted by atomic mass is 10.1. The number of hydrogen-bond donors (Lipinski definition) is 1. The normalized spacial score (nSPS) is 11.6. The van der Waals surface area contributed by atoms with Crippen LogP contribution < -0.4 is 5.32 Å². The van der Waals surface area contributed by atoms with Gasteiger partial charge in [0.15, 0.2) is 0 Å². The van der Waals surface area contributed by atoms with Crippen LogP contribution in [0.4, 0.5) is 0 Å². The van der Waals surface area contributed by atoms with Crippen LogP contribution in [-0.4, -0.2) is 38.0 Å². The predicted octanol–water partition coefficient (Wildman–Crippen LogP) is 2.18. The van der Waals surface area contributed by atoms with Crippen LogP contribution in [0.5, 0.6) is 0 Å². The molecule has 0 fully saturated rings. The molecule has 130 valence electrons. The number of benzene rings is 1. The molecule has 1 amide bonds. The van der Waals surface area contributed by atoms with Gasteiger partial charge >= 0.3 is 0 Å². The van der Waals surface area contributed by atoms with Crippen LogP contribution in [-0.2, 0) is 27.8 Å². The van der Waals surface area contributed by atoms with E-state index in [1.165, 1.54) is 21.9 Å². The van der Waals surface area contributed by atoms with Crippen molar-refractivity contribution in [1.29, 1.82) is 0 Å². The lowest BCUT2D eigenvalue weighted by Gasteiger charge is -2.21. The molecular formula is C17H22N2O3S2. The summed E-state index contributed by atoms with van der Waals surface area (Å²) in [4.78, 5) is 12.9. The zero-order valence-electron chi connectivity index (χ0n) is 13.9. The average Bonchev–Trinajstić information content (AvgIpc) is 3.00. The smallest absolute Gasteiger partial charge is 0.225 e. The standard InChI is InChI=1S/C17H22N2O3S2/c1-14-6-3-4-7-15(14)13-19(24(2,21)22)10-9-18-17(20)12-16-8-5-11-23-16/h3-8,11H,9-10,12-13H2,1-2H3,(H,18,20). The van der Waals surface area contributed by atoms with Crippen LogP contribution >= 0.6 is 11.3 Å². The molecule has 0 saturated heterocycles. The number of carbonyl (C=O) groups is 1. The third-order valence-electron chi connectivity index (χ3n) is 3.68. The average molecular weight is 367 g/mol.